The first-order valence-electron chi connectivity index (χ1n) is 6.53. The summed E-state index contributed by atoms with van der Waals surface area (Å²) in [4.78, 5) is 4.11. The molecule has 1 aliphatic carbocycles. The van der Waals surface area contributed by atoms with Crippen LogP contribution in [0.5, 0.6) is 0 Å². The first kappa shape index (κ1) is 11.6. The number of benzene rings is 1. The normalized spacial score (nSPS) is 22.9. The van der Waals surface area contributed by atoms with Gasteiger partial charge in [0, 0.05) is 24.3 Å². The zero-order chi connectivity index (χ0) is 12.4. The number of fused-ring (bicyclic) bond motifs is 1. The zero-order valence-electron chi connectivity index (χ0n) is 10.3. The molecule has 3 nitrogen and oxygen atoms in total. The lowest BCUT2D eigenvalue weighted by Crippen LogP contribution is -2.35. The molecule has 0 bridgehead atoms. The molecule has 1 aromatic heterocycles. The van der Waals surface area contributed by atoms with Gasteiger partial charge in [-0.3, -0.25) is 4.98 Å². The van der Waals surface area contributed by atoms with Crippen LogP contribution in [0.1, 0.15) is 18.4 Å². The number of aliphatic hydroxyl groups excluding tert-OH is 1. The van der Waals surface area contributed by atoms with Crippen LogP contribution >= 0.6 is 0 Å². The van der Waals surface area contributed by atoms with Crippen molar-refractivity contribution in [2.24, 2.45) is 5.92 Å². The maximum absolute atomic E-state index is 9.22. The van der Waals surface area contributed by atoms with E-state index in [9.17, 15) is 5.11 Å². The van der Waals surface area contributed by atoms with E-state index in [-0.39, 0.29) is 6.10 Å². The molecule has 1 heterocycles. The molecule has 1 aromatic carbocycles. The fourth-order valence-electron chi connectivity index (χ4n) is 2.53. The van der Waals surface area contributed by atoms with Crippen molar-refractivity contribution in [3.05, 3.63) is 42.2 Å². The van der Waals surface area contributed by atoms with E-state index < -0.39 is 0 Å². The monoisotopic (exact) mass is 242 g/mol. The van der Waals surface area contributed by atoms with Gasteiger partial charge in [-0.25, -0.2) is 0 Å². The molecular formula is C15H18N2O. The highest BCUT2D eigenvalue weighted by atomic mass is 16.3. The molecular weight excluding hydrogens is 224 g/mol. The molecule has 0 saturated heterocycles. The second kappa shape index (κ2) is 5.04. The van der Waals surface area contributed by atoms with Gasteiger partial charge in [0.05, 0.1) is 6.10 Å². The Morgan fingerprint density at radius 2 is 2.11 bits per heavy atom. The Balaban J connectivity index is 1.57. The van der Waals surface area contributed by atoms with Gasteiger partial charge >= 0.3 is 0 Å². The van der Waals surface area contributed by atoms with Crippen molar-refractivity contribution < 1.29 is 5.11 Å². The third kappa shape index (κ3) is 2.52. The highest BCUT2D eigenvalue weighted by Crippen LogP contribution is 2.26. The predicted molar refractivity (Wildman–Crippen MR) is 72.2 cm³/mol. The number of aromatic nitrogens is 1. The number of rotatable bonds is 4. The topological polar surface area (TPSA) is 45.1 Å². The first-order valence-corrected chi connectivity index (χ1v) is 6.53. The summed E-state index contributed by atoms with van der Waals surface area (Å²) in [5.74, 6) is 0.657. The Kier molecular flexibility index (Phi) is 3.26. The average molecular weight is 242 g/mol. The van der Waals surface area contributed by atoms with Crippen molar-refractivity contribution in [3.8, 4) is 0 Å². The van der Waals surface area contributed by atoms with Crippen molar-refractivity contribution in [1.82, 2.24) is 10.3 Å². The van der Waals surface area contributed by atoms with Crippen LogP contribution < -0.4 is 5.32 Å². The third-order valence-corrected chi connectivity index (χ3v) is 3.68. The lowest BCUT2D eigenvalue weighted by atomic mass is 9.82. The Morgan fingerprint density at radius 1 is 1.22 bits per heavy atom. The van der Waals surface area contributed by atoms with E-state index in [4.69, 9.17) is 0 Å². The van der Waals surface area contributed by atoms with E-state index in [0.29, 0.717) is 5.92 Å². The number of nitrogens with one attached hydrogen (secondary N) is 1. The van der Waals surface area contributed by atoms with Crippen LogP contribution in [0, 0.1) is 5.92 Å². The first-order chi connectivity index (χ1) is 8.81. The zero-order valence-corrected chi connectivity index (χ0v) is 10.3. The highest BCUT2D eigenvalue weighted by Gasteiger charge is 2.26. The molecule has 0 spiro atoms. The molecule has 0 amide bonds. The molecule has 2 N–H and O–H groups in total. The molecule has 18 heavy (non-hydrogen) atoms. The van der Waals surface area contributed by atoms with Crippen molar-refractivity contribution >= 4 is 10.8 Å². The van der Waals surface area contributed by atoms with Crippen molar-refractivity contribution in [3.63, 3.8) is 0 Å². The van der Waals surface area contributed by atoms with Crippen LogP contribution in [0.15, 0.2) is 36.7 Å². The standard InChI is InChI=1S/C15H18N2O/c18-15-6-12(7-15)9-17-8-11-1-2-14-10-16-4-3-13(14)5-11/h1-5,10,12,15,17-18H,6-9H2. The Hall–Kier alpha value is -1.45. The number of nitrogens with zero attached hydrogens (tertiary/aromatic N) is 1. The molecule has 0 aliphatic heterocycles. The van der Waals surface area contributed by atoms with Gasteiger partial charge in [0.25, 0.3) is 0 Å². The van der Waals surface area contributed by atoms with Crippen LogP contribution in [-0.2, 0) is 6.54 Å². The maximum atomic E-state index is 9.22. The lowest BCUT2D eigenvalue weighted by Gasteiger charge is -2.31. The molecule has 0 unspecified atom stereocenters. The summed E-state index contributed by atoms with van der Waals surface area (Å²) in [6.07, 6.45) is 5.58. The van der Waals surface area contributed by atoms with Crippen LogP contribution in [0.25, 0.3) is 10.8 Å². The summed E-state index contributed by atoms with van der Waals surface area (Å²) in [5.41, 5.74) is 1.30. The highest BCUT2D eigenvalue weighted by molar-refractivity contribution is 5.81. The molecule has 1 saturated carbocycles. The Bertz CT molecular complexity index is 535. The molecule has 0 radical (unpaired) electrons. The van der Waals surface area contributed by atoms with Crippen LogP contribution in [-0.4, -0.2) is 22.7 Å². The minimum atomic E-state index is -0.0510. The number of hydrogen-bond donors (Lipinski definition) is 2. The molecule has 0 atom stereocenters. The summed E-state index contributed by atoms with van der Waals surface area (Å²) < 4.78 is 0. The summed E-state index contributed by atoms with van der Waals surface area (Å²) in [7, 11) is 0. The quantitative estimate of drug-likeness (QED) is 0.863. The largest absolute Gasteiger partial charge is 0.393 e. The van der Waals surface area contributed by atoms with Gasteiger partial charge in [-0.2, -0.15) is 0 Å². The molecule has 94 valence electrons. The number of aliphatic hydroxyl groups is 1. The fraction of sp³-hybridized carbons (Fsp3) is 0.400. The number of pyridine rings is 1. The summed E-state index contributed by atoms with van der Waals surface area (Å²) in [6, 6.07) is 8.51. The summed E-state index contributed by atoms with van der Waals surface area (Å²) in [5, 5.41) is 15.1. The van der Waals surface area contributed by atoms with Crippen LogP contribution in [0.4, 0.5) is 0 Å². The van der Waals surface area contributed by atoms with E-state index >= 15 is 0 Å². The summed E-state index contributed by atoms with van der Waals surface area (Å²) in [6.45, 7) is 1.90. The second-order valence-corrected chi connectivity index (χ2v) is 5.18. The van der Waals surface area contributed by atoms with Crippen LogP contribution in [0.3, 0.4) is 0 Å². The van der Waals surface area contributed by atoms with Gasteiger partial charge in [0.1, 0.15) is 0 Å². The van der Waals surface area contributed by atoms with Gasteiger partial charge in [-0.1, -0.05) is 12.1 Å². The predicted octanol–water partition coefficient (Wildman–Crippen LogP) is 2.10. The number of hydrogen-bond acceptors (Lipinski definition) is 3. The lowest BCUT2D eigenvalue weighted by molar-refractivity contribution is 0.0430. The fourth-order valence-corrected chi connectivity index (χ4v) is 2.53. The smallest absolute Gasteiger partial charge is 0.0546 e. The SMILES string of the molecule is OC1CC(CNCc2ccc3cnccc3c2)C1. The van der Waals surface area contributed by atoms with Crippen molar-refractivity contribution in [2.75, 3.05) is 6.54 Å². The second-order valence-electron chi connectivity index (χ2n) is 5.18. The van der Waals surface area contributed by atoms with Gasteiger partial charge in [0.2, 0.25) is 0 Å². The Labute approximate surface area is 107 Å². The van der Waals surface area contributed by atoms with Gasteiger partial charge in [-0.05, 0) is 48.4 Å². The molecule has 2 aromatic rings. The molecule has 1 fully saturated rings. The maximum Gasteiger partial charge on any atom is 0.0546 e. The minimum Gasteiger partial charge on any atom is -0.393 e. The summed E-state index contributed by atoms with van der Waals surface area (Å²) >= 11 is 0. The van der Waals surface area contributed by atoms with E-state index in [1.807, 2.05) is 18.5 Å². The third-order valence-electron chi connectivity index (χ3n) is 3.68. The minimum absolute atomic E-state index is 0.0510. The van der Waals surface area contributed by atoms with E-state index in [0.717, 1.165) is 25.9 Å². The van der Waals surface area contributed by atoms with Crippen molar-refractivity contribution in [1.29, 1.82) is 0 Å². The van der Waals surface area contributed by atoms with Crippen LogP contribution in [0.2, 0.25) is 0 Å². The van der Waals surface area contributed by atoms with Gasteiger partial charge in [-0.15, -0.1) is 0 Å². The van der Waals surface area contributed by atoms with E-state index in [2.05, 4.69) is 28.5 Å². The average Bonchev–Trinajstić information content (AvgIpc) is 2.36. The van der Waals surface area contributed by atoms with E-state index in [1.165, 1.54) is 16.3 Å². The molecule has 3 rings (SSSR count). The molecule has 1 aliphatic rings. The van der Waals surface area contributed by atoms with Gasteiger partial charge < -0.3 is 10.4 Å². The van der Waals surface area contributed by atoms with E-state index in [1.54, 1.807) is 0 Å². The van der Waals surface area contributed by atoms with Crippen molar-refractivity contribution in [2.45, 2.75) is 25.5 Å². The van der Waals surface area contributed by atoms with Gasteiger partial charge in [0.15, 0.2) is 0 Å². The Morgan fingerprint density at radius 3 is 2.94 bits per heavy atom. The molecule has 3 heteroatoms.